The normalized spacial score (nSPS) is 10.7. The lowest BCUT2D eigenvalue weighted by atomic mass is 10.1. The Bertz CT molecular complexity index is 1220. The van der Waals surface area contributed by atoms with Crippen LogP contribution >= 0.6 is 0 Å². The summed E-state index contributed by atoms with van der Waals surface area (Å²) in [6, 6.07) is 18.1. The third-order valence-corrected chi connectivity index (χ3v) is 5.15. The summed E-state index contributed by atoms with van der Waals surface area (Å²) in [6.45, 7) is 3.37. The minimum absolute atomic E-state index is 0.00421. The topological polar surface area (TPSA) is 106 Å². The van der Waals surface area contributed by atoms with Crippen molar-refractivity contribution in [3.63, 3.8) is 0 Å². The van der Waals surface area contributed by atoms with E-state index < -0.39 is 6.09 Å². The molecular formula is C26H31N5O4. The van der Waals surface area contributed by atoms with E-state index in [2.05, 4.69) is 15.7 Å². The fourth-order valence-electron chi connectivity index (χ4n) is 3.38. The van der Waals surface area contributed by atoms with Gasteiger partial charge >= 0.3 is 6.09 Å². The second-order valence-corrected chi connectivity index (χ2v) is 8.29. The molecule has 0 aliphatic heterocycles. The van der Waals surface area contributed by atoms with Gasteiger partial charge < -0.3 is 15.0 Å². The van der Waals surface area contributed by atoms with Gasteiger partial charge in [0.1, 0.15) is 0 Å². The van der Waals surface area contributed by atoms with Gasteiger partial charge in [0.05, 0.1) is 18.8 Å². The Hall–Kier alpha value is -3.98. The lowest BCUT2D eigenvalue weighted by Crippen LogP contribution is -2.26. The molecule has 0 saturated carbocycles. The van der Waals surface area contributed by atoms with Crippen molar-refractivity contribution < 1.29 is 14.3 Å². The number of hydrogen-bond donors (Lipinski definition) is 2. The van der Waals surface area contributed by atoms with E-state index in [-0.39, 0.29) is 24.6 Å². The van der Waals surface area contributed by atoms with Crippen molar-refractivity contribution in [3.8, 4) is 11.3 Å². The number of amides is 2. The maximum Gasteiger partial charge on any atom is 0.411 e. The van der Waals surface area contributed by atoms with Crippen LogP contribution in [-0.4, -0.2) is 53.9 Å². The van der Waals surface area contributed by atoms with E-state index in [9.17, 15) is 14.4 Å². The molecule has 0 fully saturated rings. The van der Waals surface area contributed by atoms with E-state index in [1.54, 1.807) is 31.2 Å². The highest BCUT2D eigenvalue weighted by Crippen LogP contribution is 2.18. The molecule has 1 heterocycles. The highest BCUT2D eigenvalue weighted by Gasteiger charge is 2.08. The molecule has 0 bridgehead atoms. The van der Waals surface area contributed by atoms with Gasteiger partial charge in [0.25, 0.3) is 5.56 Å². The van der Waals surface area contributed by atoms with Crippen molar-refractivity contribution in [3.05, 3.63) is 82.1 Å². The molecule has 0 atom stereocenters. The number of rotatable bonds is 10. The summed E-state index contributed by atoms with van der Waals surface area (Å²) in [7, 11) is 3.86. The van der Waals surface area contributed by atoms with Gasteiger partial charge in [0.2, 0.25) is 5.91 Å². The van der Waals surface area contributed by atoms with Crippen molar-refractivity contribution in [2.45, 2.75) is 26.4 Å². The van der Waals surface area contributed by atoms with Crippen molar-refractivity contribution in [2.75, 3.05) is 32.6 Å². The average Bonchev–Trinajstić information content (AvgIpc) is 2.83. The summed E-state index contributed by atoms with van der Waals surface area (Å²) in [6.07, 6.45) is -0.0916. The monoisotopic (exact) mass is 477 g/mol. The largest absolute Gasteiger partial charge is 0.450 e. The van der Waals surface area contributed by atoms with Gasteiger partial charge in [-0.2, -0.15) is 5.10 Å². The predicted octanol–water partition coefficient (Wildman–Crippen LogP) is 3.09. The van der Waals surface area contributed by atoms with Crippen LogP contribution in [0.2, 0.25) is 0 Å². The minimum Gasteiger partial charge on any atom is -0.450 e. The van der Waals surface area contributed by atoms with Crippen molar-refractivity contribution in [1.29, 1.82) is 0 Å². The van der Waals surface area contributed by atoms with Gasteiger partial charge in [-0.15, -0.1) is 0 Å². The first-order chi connectivity index (χ1) is 16.8. The Morgan fingerprint density at radius 1 is 1.03 bits per heavy atom. The molecule has 0 saturated heterocycles. The molecule has 0 spiro atoms. The summed E-state index contributed by atoms with van der Waals surface area (Å²) in [5.74, 6) is -0.00421. The smallest absolute Gasteiger partial charge is 0.411 e. The molecule has 0 aliphatic carbocycles. The summed E-state index contributed by atoms with van der Waals surface area (Å²) in [4.78, 5) is 38.1. The van der Waals surface area contributed by atoms with Crippen molar-refractivity contribution in [1.82, 2.24) is 20.0 Å². The maximum absolute atomic E-state index is 12.5. The number of aromatic nitrogens is 2. The molecule has 35 heavy (non-hydrogen) atoms. The first-order valence-corrected chi connectivity index (χ1v) is 11.5. The molecule has 2 amide bonds. The first-order valence-electron chi connectivity index (χ1n) is 11.5. The van der Waals surface area contributed by atoms with Crippen LogP contribution in [-0.2, 0) is 22.6 Å². The van der Waals surface area contributed by atoms with E-state index >= 15 is 0 Å². The number of carbonyl (C=O) groups is 2. The Balaban J connectivity index is 1.72. The number of nitrogens with one attached hydrogen (secondary N) is 2. The highest BCUT2D eigenvalue weighted by atomic mass is 16.5. The number of anilines is 1. The fraction of sp³-hybridized carbons (Fsp3) is 0.308. The molecule has 2 N–H and O–H groups in total. The Morgan fingerprint density at radius 2 is 1.80 bits per heavy atom. The molecule has 0 radical (unpaired) electrons. The zero-order chi connectivity index (χ0) is 25.2. The van der Waals surface area contributed by atoms with Gasteiger partial charge in [0, 0.05) is 36.8 Å². The Morgan fingerprint density at radius 3 is 2.57 bits per heavy atom. The lowest BCUT2D eigenvalue weighted by Gasteiger charge is -2.11. The number of carbonyl (C=O) groups excluding carboxylic acids is 2. The molecule has 0 unspecified atom stereocenters. The van der Waals surface area contributed by atoms with Gasteiger partial charge in [0.15, 0.2) is 0 Å². The Kier molecular flexibility index (Phi) is 9.14. The number of nitrogens with zero attached hydrogens (tertiary/aromatic N) is 3. The molecule has 184 valence electrons. The van der Waals surface area contributed by atoms with Crippen LogP contribution in [0.25, 0.3) is 11.3 Å². The van der Waals surface area contributed by atoms with Crippen molar-refractivity contribution >= 4 is 17.7 Å². The van der Waals surface area contributed by atoms with E-state index in [4.69, 9.17) is 4.74 Å². The van der Waals surface area contributed by atoms with E-state index in [0.29, 0.717) is 30.9 Å². The molecule has 3 aromatic rings. The third kappa shape index (κ3) is 8.08. The van der Waals surface area contributed by atoms with Crippen LogP contribution in [0.1, 0.15) is 24.5 Å². The second-order valence-electron chi connectivity index (χ2n) is 8.29. The van der Waals surface area contributed by atoms with E-state index in [1.807, 2.05) is 49.3 Å². The van der Waals surface area contributed by atoms with Gasteiger partial charge in [-0.3, -0.25) is 14.9 Å². The van der Waals surface area contributed by atoms with Crippen LogP contribution in [0.15, 0.2) is 65.5 Å². The lowest BCUT2D eigenvalue weighted by molar-refractivity contribution is -0.121. The highest BCUT2D eigenvalue weighted by molar-refractivity contribution is 5.84. The quantitative estimate of drug-likeness (QED) is 0.465. The summed E-state index contributed by atoms with van der Waals surface area (Å²) in [5.41, 5.74) is 3.58. The Labute approximate surface area is 204 Å². The van der Waals surface area contributed by atoms with Gasteiger partial charge in [-0.1, -0.05) is 30.3 Å². The second kappa shape index (κ2) is 12.5. The van der Waals surface area contributed by atoms with Crippen LogP contribution in [0.3, 0.4) is 0 Å². The standard InChI is InChI=1S/C26H31N5O4/c1-4-35-26(34)28-22-10-6-8-20(16-22)18-31-25(33)12-11-23(29-31)21-9-5-7-19(15-21)17-27-24(32)13-14-30(2)3/h5-12,15-16H,4,13-14,17-18H2,1-3H3,(H,27,32)(H,28,34). The number of benzene rings is 2. The van der Waals surface area contributed by atoms with Crippen LogP contribution in [0.4, 0.5) is 10.5 Å². The van der Waals surface area contributed by atoms with Gasteiger partial charge in [-0.05, 0) is 56.4 Å². The SMILES string of the molecule is CCOC(=O)Nc1cccc(Cn2nc(-c3cccc(CNC(=O)CCN(C)C)c3)ccc2=O)c1. The van der Waals surface area contributed by atoms with Crippen molar-refractivity contribution in [2.24, 2.45) is 0 Å². The number of ether oxygens (including phenoxy) is 1. The van der Waals surface area contributed by atoms with Crippen LogP contribution in [0, 0.1) is 0 Å². The summed E-state index contributed by atoms with van der Waals surface area (Å²) >= 11 is 0. The average molecular weight is 478 g/mol. The molecule has 0 aliphatic rings. The molecule has 3 rings (SSSR count). The van der Waals surface area contributed by atoms with Crippen LogP contribution in [0.5, 0.6) is 0 Å². The fourth-order valence-corrected chi connectivity index (χ4v) is 3.38. The molecule has 9 heteroatoms. The molecule has 2 aromatic carbocycles. The minimum atomic E-state index is -0.532. The number of hydrogen-bond acceptors (Lipinski definition) is 6. The van der Waals surface area contributed by atoms with E-state index in [1.165, 1.54) is 10.7 Å². The summed E-state index contributed by atoms with van der Waals surface area (Å²) < 4.78 is 6.29. The van der Waals surface area contributed by atoms with E-state index in [0.717, 1.165) is 16.7 Å². The first kappa shape index (κ1) is 25.6. The zero-order valence-electron chi connectivity index (χ0n) is 20.3. The molecular weight excluding hydrogens is 446 g/mol. The third-order valence-electron chi connectivity index (χ3n) is 5.15. The maximum atomic E-state index is 12.5. The summed E-state index contributed by atoms with van der Waals surface area (Å²) in [5, 5.41) is 10.1. The van der Waals surface area contributed by atoms with Gasteiger partial charge in [-0.25, -0.2) is 9.48 Å². The predicted molar refractivity (Wildman–Crippen MR) is 135 cm³/mol. The molecule has 9 nitrogen and oxygen atoms in total. The zero-order valence-corrected chi connectivity index (χ0v) is 20.3. The van der Waals surface area contributed by atoms with Crippen LogP contribution < -0.4 is 16.2 Å². The molecule has 1 aromatic heterocycles.